The number of nitrogens with zero attached hydrogens (tertiary/aromatic N) is 3. The Balaban J connectivity index is 0. The summed E-state index contributed by atoms with van der Waals surface area (Å²) >= 11 is 0. The van der Waals surface area contributed by atoms with Gasteiger partial charge in [-0.3, -0.25) is 29.4 Å². The van der Waals surface area contributed by atoms with Crippen LogP contribution in [0.4, 0.5) is 0 Å². The van der Waals surface area contributed by atoms with E-state index in [4.69, 9.17) is 50.0 Å². The number of carboxylic acid groups (broad SMARTS) is 2. The normalized spacial score (nSPS) is 12.3. The second kappa shape index (κ2) is 20.8. The van der Waals surface area contributed by atoms with E-state index in [9.17, 15) is 19.5 Å². The fourth-order valence-corrected chi connectivity index (χ4v) is 2.73. The van der Waals surface area contributed by atoms with Crippen molar-refractivity contribution in [3.63, 3.8) is 0 Å². The van der Waals surface area contributed by atoms with Crippen LogP contribution in [0.2, 0.25) is 0 Å². The van der Waals surface area contributed by atoms with Crippen LogP contribution in [0.1, 0.15) is 45.4 Å². The third kappa shape index (κ3) is 22.1. The summed E-state index contributed by atoms with van der Waals surface area (Å²) in [5.74, 6) is -3.62. The highest BCUT2D eigenvalue weighted by Gasteiger charge is 2.27. The van der Waals surface area contributed by atoms with E-state index in [1.807, 2.05) is 0 Å². The number of carboxylic acids is 2. The van der Waals surface area contributed by atoms with E-state index >= 15 is 0 Å². The van der Waals surface area contributed by atoms with Crippen molar-refractivity contribution >= 4 is 41.6 Å². The molecule has 218 valence electrons. The van der Waals surface area contributed by atoms with Crippen molar-refractivity contribution < 1.29 is 29.4 Å². The molecule has 3 atom stereocenters. The van der Waals surface area contributed by atoms with Crippen LogP contribution in [0.15, 0.2) is 15.0 Å². The summed E-state index contributed by atoms with van der Waals surface area (Å²) in [5, 5.41) is 21.8. The zero-order chi connectivity index (χ0) is 29.7. The van der Waals surface area contributed by atoms with Gasteiger partial charge in [0.05, 0.1) is 6.04 Å². The molecule has 0 aromatic heterocycles. The van der Waals surface area contributed by atoms with Crippen molar-refractivity contribution in [3.8, 4) is 0 Å². The first-order chi connectivity index (χ1) is 17.7. The van der Waals surface area contributed by atoms with Crippen molar-refractivity contribution in [1.29, 1.82) is 0 Å². The second-order valence-electron chi connectivity index (χ2n) is 7.93. The van der Waals surface area contributed by atoms with Gasteiger partial charge in [-0.2, -0.15) is 0 Å². The van der Waals surface area contributed by atoms with E-state index in [2.05, 4.69) is 25.6 Å². The standard InChI is InChI=1S/C18H38N12O4.C2H4O2/c19-10(4-1-7-26-16(20)21)13(31)29-11(5-2-8-27-17(22)23)14(32)30-12(15(33)34)6-3-9-28-18(24)25;1-2(3)4/h10-12H,1-9,19H2,(H,29,31)(H,30,32)(H,33,34)(H4,20,21,26)(H4,22,23,27)(H4,24,25,28);1H3,(H,3,4)/t10-,11-,12-;/m0./s1. The van der Waals surface area contributed by atoms with Gasteiger partial charge in [-0.1, -0.05) is 0 Å². The maximum absolute atomic E-state index is 12.8. The Morgan fingerprint density at radius 1 is 0.658 bits per heavy atom. The van der Waals surface area contributed by atoms with Gasteiger partial charge in [0.15, 0.2) is 17.9 Å². The van der Waals surface area contributed by atoms with Gasteiger partial charge in [0.2, 0.25) is 11.8 Å². The fraction of sp³-hybridized carbons (Fsp3) is 0.650. The summed E-state index contributed by atoms with van der Waals surface area (Å²) in [5.41, 5.74) is 37.4. The fourth-order valence-electron chi connectivity index (χ4n) is 2.73. The minimum absolute atomic E-state index is 0.0678. The molecule has 0 radical (unpaired) electrons. The lowest BCUT2D eigenvalue weighted by atomic mass is 10.1. The van der Waals surface area contributed by atoms with Crippen LogP contribution in [0, 0.1) is 0 Å². The molecule has 0 aromatic carbocycles. The van der Waals surface area contributed by atoms with Crippen molar-refractivity contribution in [3.05, 3.63) is 0 Å². The minimum Gasteiger partial charge on any atom is -0.481 e. The molecule has 0 saturated carbocycles. The van der Waals surface area contributed by atoms with E-state index in [0.29, 0.717) is 25.8 Å². The van der Waals surface area contributed by atoms with Crippen molar-refractivity contribution in [1.82, 2.24) is 10.6 Å². The van der Waals surface area contributed by atoms with Crippen LogP contribution in [0.5, 0.6) is 0 Å². The van der Waals surface area contributed by atoms with E-state index in [1.54, 1.807) is 0 Å². The number of guanidine groups is 3. The largest absolute Gasteiger partial charge is 0.481 e. The number of hydrogen-bond donors (Lipinski definition) is 11. The number of carbonyl (C=O) groups is 4. The highest BCUT2D eigenvalue weighted by molar-refractivity contribution is 5.91. The Morgan fingerprint density at radius 3 is 1.37 bits per heavy atom. The lowest BCUT2D eigenvalue weighted by Crippen LogP contribution is -2.54. The number of nitrogens with two attached hydrogens (primary N) is 7. The molecule has 0 bridgehead atoms. The Kier molecular flexibility index (Phi) is 19.6. The van der Waals surface area contributed by atoms with Crippen molar-refractivity contribution in [2.24, 2.45) is 55.1 Å². The van der Waals surface area contributed by atoms with Crippen molar-refractivity contribution in [2.45, 2.75) is 63.6 Å². The summed E-state index contributed by atoms with van der Waals surface area (Å²) < 4.78 is 0. The van der Waals surface area contributed by atoms with E-state index in [0.717, 1.165) is 6.92 Å². The second-order valence-corrected chi connectivity index (χ2v) is 7.93. The predicted octanol–water partition coefficient (Wildman–Crippen LogP) is -4.38. The Hall–Kier alpha value is -4.35. The van der Waals surface area contributed by atoms with Crippen LogP contribution in [-0.4, -0.2) is 89.6 Å². The predicted molar refractivity (Wildman–Crippen MR) is 143 cm³/mol. The minimum atomic E-state index is -1.24. The molecule has 0 aromatic rings. The Labute approximate surface area is 220 Å². The number of nitrogens with one attached hydrogen (secondary N) is 2. The first-order valence-electron chi connectivity index (χ1n) is 11.6. The molecule has 0 rings (SSSR count). The van der Waals surface area contributed by atoms with Crippen LogP contribution >= 0.6 is 0 Å². The lowest BCUT2D eigenvalue weighted by molar-refractivity contribution is -0.142. The summed E-state index contributed by atoms with van der Waals surface area (Å²) in [6.07, 6.45) is 1.61. The summed E-state index contributed by atoms with van der Waals surface area (Å²) in [4.78, 5) is 57.3. The highest BCUT2D eigenvalue weighted by atomic mass is 16.4. The van der Waals surface area contributed by atoms with Gasteiger partial charge >= 0.3 is 5.97 Å². The van der Waals surface area contributed by atoms with Crippen molar-refractivity contribution in [2.75, 3.05) is 19.6 Å². The summed E-state index contributed by atoms with van der Waals surface area (Å²) in [7, 11) is 0. The molecule has 0 aliphatic heterocycles. The smallest absolute Gasteiger partial charge is 0.326 e. The molecule has 18 nitrogen and oxygen atoms in total. The maximum atomic E-state index is 12.8. The number of hydrogen-bond acceptors (Lipinski definition) is 8. The zero-order valence-corrected chi connectivity index (χ0v) is 21.5. The summed E-state index contributed by atoms with van der Waals surface area (Å²) in [6.45, 7) is 1.80. The van der Waals surface area contributed by atoms with Crippen LogP contribution < -0.4 is 50.8 Å². The Bertz CT molecular complexity index is 832. The molecule has 0 fully saturated rings. The van der Waals surface area contributed by atoms with E-state index < -0.39 is 41.9 Å². The average Bonchev–Trinajstić information content (AvgIpc) is 2.79. The van der Waals surface area contributed by atoms with Gasteiger partial charge in [-0.05, 0) is 38.5 Å². The highest BCUT2D eigenvalue weighted by Crippen LogP contribution is 2.05. The molecule has 0 heterocycles. The molecule has 18 N–H and O–H groups in total. The van der Waals surface area contributed by atoms with E-state index in [-0.39, 0.29) is 50.2 Å². The first-order valence-corrected chi connectivity index (χ1v) is 11.6. The molecular weight excluding hydrogens is 504 g/mol. The van der Waals surface area contributed by atoms with Gasteiger partial charge < -0.3 is 61.0 Å². The van der Waals surface area contributed by atoms with Crippen LogP contribution in [0.25, 0.3) is 0 Å². The third-order valence-corrected chi connectivity index (χ3v) is 4.44. The molecule has 38 heavy (non-hydrogen) atoms. The van der Waals surface area contributed by atoms with E-state index in [1.165, 1.54) is 0 Å². The monoisotopic (exact) mass is 546 g/mol. The molecule has 0 unspecified atom stereocenters. The SMILES string of the molecule is CC(=O)O.NC(N)=NCCC[C@H](NC(=O)[C@H](CCCN=C(N)N)NC(=O)[C@@H](N)CCCN=C(N)N)C(=O)O. The van der Waals surface area contributed by atoms with Crippen LogP contribution in [0.3, 0.4) is 0 Å². The first kappa shape index (κ1) is 35.8. The average molecular weight is 547 g/mol. The lowest BCUT2D eigenvalue weighted by Gasteiger charge is -2.23. The van der Waals surface area contributed by atoms with Gasteiger partial charge in [-0.25, -0.2) is 4.79 Å². The maximum Gasteiger partial charge on any atom is 0.326 e. The number of aliphatic imine (C=N–C) groups is 3. The molecule has 0 aliphatic carbocycles. The molecule has 0 aliphatic rings. The molecule has 18 heteroatoms. The molecule has 0 saturated heterocycles. The van der Waals surface area contributed by atoms with Crippen LogP contribution in [-0.2, 0) is 19.2 Å². The zero-order valence-electron chi connectivity index (χ0n) is 21.5. The number of aliphatic carboxylic acids is 2. The number of carbonyl (C=O) groups excluding carboxylic acids is 2. The number of amides is 2. The summed E-state index contributed by atoms with van der Waals surface area (Å²) in [6, 6.07) is -3.17. The molecular formula is C20H42N12O6. The Morgan fingerprint density at radius 2 is 1.00 bits per heavy atom. The quantitative estimate of drug-likeness (QED) is 0.0466. The van der Waals surface area contributed by atoms with Gasteiger partial charge in [0.1, 0.15) is 12.1 Å². The number of rotatable bonds is 17. The molecule has 0 spiro atoms. The van der Waals surface area contributed by atoms with Gasteiger partial charge in [0.25, 0.3) is 5.97 Å². The third-order valence-electron chi connectivity index (χ3n) is 4.44. The van der Waals surface area contributed by atoms with Gasteiger partial charge in [-0.15, -0.1) is 0 Å². The topological polar surface area (TPSA) is 352 Å². The van der Waals surface area contributed by atoms with Gasteiger partial charge in [0, 0.05) is 26.6 Å². The molecule has 2 amide bonds.